The first-order valence-corrected chi connectivity index (χ1v) is 8.31. The van der Waals surface area contributed by atoms with Crippen LogP contribution in [0.15, 0.2) is 0 Å². The van der Waals surface area contributed by atoms with Crippen LogP contribution in [0.5, 0.6) is 0 Å². The molecule has 0 fully saturated rings. The standard InChI is InChI=1S/C8Cl4N2.C6H15N5.ClH/c9-5-3(1-13)6(10)8(12)7(11)4(5)2-14;1-2-3-4-10-6(9)11-5(7)8;/h;2-4H2,1H3,(H6,7,8,9,10,11);1H. The minimum absolute atomic E-state index is 0. The van der Waals surface area contributed by atoms with Gasteiger partial charge in [-0.2, -0.15) is 10.5 Å². The summed E-state index contributed by atoms with van der Waals surface area (Å²) in [6.07, 6.45) is 2.10. The van der Waals surface area contributed by atoms with E-state index in [4.69, 9.17) is 73.5 Å². The molecule has 0 heterocycles. The molecule has 0 bridgehead atoms. The van der Waals surface area contributed by atoms with Crippen LogP contribution in [0.4, 0.5) is 0 Å². The summed E-state index contributed by atoms with van der Waals surface area (Å²) in [7, 11) is 0. The summed E-state index contributed by atoms with van der Waals surface area (Å²) < 4.78 is 0. The van der Waals surface area contributed by atoms with E-state index >= 15 is 0 Å². The fraction of sp³-hybridized carbons (Fsp3) is 0.286. The van der Waals surface area contributed by atoms with Gasteiger partial charge in [-0.15, -0.1) is 12.4 Å². The third-order valence-electron chi connectivity index (χ3n) is 2.58. The summed E-state index contributed by atoms with van der Waals surface area (Å²) in [6, 6.07) is 3.50. The topological polar surface area (TPSA) is 145 Å². The first-order valence-electron chi connectivity index (χ1n) is 6.80. The average Bonchev–Trinajstić information content (AvgIpc) is 2.54. The monoisotopic (exact) mass is 457 g/mol. The molecule has 0 saturated carbocycles. The maximum atomic E-state index is 8.70. The summed E-state index contributed by atoms with van der Waals surface area (Å²) in [4.78, 5) is 0. The van der Waals surface area contributed by atoms with Crippen molar-refractivity contribution in [1.82, 2.24) is 10.6 Å². The van der Waals surface area contributed by atoms with Crippen LogP contribution in [0.25, 0.3) is 0 Å². The predicted molar refractivity (Wildman–Crippen MR) is 109 cm³/mol. The van der Waals surface area contributed by atoms with E-state index in [0.29, 0.717) is 0 Å². The SMILES string of the molecule is CCCCNC(=N)NC(=N)N.Cl.N#Cc1c(Cl)c(Cl)c(Cl)c(C#N)c1Cl. The van der Waals surface area contributed by atoms with Crippen molar-refractivity contribution < 1.29 is 0 Å². The van der Waals surface area contributed by atoms with Gasteiger partial charge < -0.3 is 11.1 Å². The van der Waals surface area contributed by atoms with E-state index in [1.807, 2.05) is 0 Å². The highest BCUT2D eigenvalue weighted by Crippen LogP contribution is 2.40. The number of nitrogens with two attached hydrogens (primary N) is 1. The first kappa shape index (κ1) is 26.6. The smallest absolute Gasteiger partial charge is 0.195 e. The third-order valence-corrected chi connectivity index (χ3v) is 4.28. The molecule has 0 radical (unpaired) electrons. The van der Waals surface area contributed by atoms with Crippen LogP contribution < -0.4 is 16.4 Å². The van der Waals surface area contributed by atoms with Crippen LogP contribution in [0, 0.1) is 33.5 Å². The number of unbranched alkanes of at least 4 members (excludes halogenated alkanes) is 1. The van der Waals surface area contributed by atoms with Gasteiger partial charge in [-0.25, -0.2) is 0 Å². The van der Waals surface area contributed by atoms with Gasteiger partial charge in [-0.1, -0.05) is 59.7 Å². The second-order valence-electron chi connectivity index (χ2n) is 4.42. The Hall–Kier alpha value is -1.61. The minimum Gasteiger partial charge on any atom is -0.370 e. The van der Waals surface area contributed by atoms with Crippen molar-refractivity contribution in [1.29, 1.82) is 21.3 Å². The van der Waals surface area contributed by atoms with Gasteiger partial charge in [0.25, 0.3) is 0 Å². The first-order chi connectivity index (χ1) is 11.7. The second-order valence-corrected chi connectivity index (χ2v) is 5.94. The molecule has 0 aliphatic rings. The summed E-state index contributed by atoms with van der Waals surface area (Å²) in [5.74, 6) is -0.120. The van der Waals surface area contributed by atoms with Crippen molar-refractivity contribution >= 4 is 70.7 Å². The van der Waals surface area contributed by atoms with Crippen molar-refractivity contribution in [3.8, 4) is 12.1 Å². The highest BCUT2D eigenvalue weighted by molar-refractivity contribution is 6.50. The maximum Gasteiger partial charge on any atom is 0.195 e. The second kappa shape index (κ2) is 13.6. The van der Waals surface area contributed by atoms with Crippen molar-refractivity contribution in [2.45, 2.75) is 19.8 Å². The lowest BCUT2D eigenvalue weighted by molar-refractivity contribution is 0.744. The van der Waals surface area contributed by atoms with Gasteiger partial charge in [-0.3, -0.25) is 16.1 Å². The van der Waals surface area contributed by atoms with E-state index in [2.05, 4.69) is 17.6 Å². The van der Waals surface area contributed by atoms with Crippen molar-refractivity contribution in [3.63, 3.8) is 0 Å². The number of halogens is 5. The fourth-order valence-corrected chi connectivity index (χ4v) is 2.47. The molecule has 0 saturated heterocycles. The Labute approximate surface area is 177 Å². The molecule has 0 atom stereocenters. The Morgan fingerprint density at radius 1 is 1.00 bits per heavy atom. The molecule has 26 heavy (non-hydrogen) atoms. The molecule has 0 amide bonds. The molecular formula is C14H16Cl5N7. The lowest BCUT2D eigenvalue weighted by Crippen LogP contribution is -2.43. The number of nitrogens with zero attached hydrogens (tertiary/aromatic N) is 2. The molecule has 142 valence electrons. The fourth-order valence-electron chi connectivity index (χ4n) is 1.40. The Morgan fingerprint density at radius 2 is 1.46 bits per heavy atom. The molecule has 6 N–H and O–H groups in total. The van der Waals surface area contributed by atoms with Gasteiger partial charge in [0.15, 0.2) is 11.9 Å². The largest absolute Gasteiger partial charge is 0.370 e. The molecule has 0 aromatic heterocycles. The number of hydrogen-bond donors (Lipinski definition) is 5. The highest BCUT2D eigenvalue weighted by Gasteiger charge is 2.19. The van der Waals surface area contributed by atoms with Gasteiger partial charge >= 0.3 is 0 Å². The zero-order chi connectivity index (χ0) is 19.6. The van der Waals surface area contributed by atoms with Crippen molar-refractivity contribution in [2.24, 2.45) is 5.73 Å². The zero-order valence-electron chi connectivity index (χ0n) is 13.5. The molecule has 12 heteroatoms. The quantitative estimate of drug-likeness (QED) is 0.151. The lowest BCUT2D eigenvalue weighted by Gasteiger charge is -2.06. The molecule has 1 aromatic rings. The Balaban J connectivity index is 0. The van der Waals surface area contributed by atoms with Crippen LogP contribution in [-0.4, -0.2) is 18.5 Å². The van der Waals surface area contributed by atoms with E-state index < -0.39 is 0 Å². The van der Waals surface area contributed by atoms with Gasteiger partial charge in [0, 0.05) is 6.54 Å². The molecule has 1 rings (SSSR count). The molecule has 7 nitrogen and oxygen atoms in total. The number of guanidine groups is 2. The Bertz CT molecular complexity index is 696. The van der Waals surface area contributed by atoms with Crippen LogP contribution in [-0.2, 0) is 0 Å². The number of benzene rings is 1. The minimum atomic E-state index is -0.209. The third kappa shape index (κ3) is 8.18. The van der Waals surface area contributed by atoms with Crippen molar-refractivity contribution in [2.75, 3.05) is 6.54 Å². The van der Waals surface area contributed by atoms with E-state index in [1.54, 1.807) is 12.1 Å². The number of rotatable bonds is 3. The van der Waals surface area contributed by atoms with Crippen LogP contribution in [0.3, 0.4) is 0 Å². The summed E-state index contributed by atoms with van der Waals surface area (Å²) >= 11 is 22.8. The van der Waals surface area contributed by atoms with E-state index in [0.717, 1.165) is 19.4 Å². The molecular weight excluding hydrogens is 443 g/mol. The molecule has 0 unspecified atom stereocenters. The normalized spacial score (nSPS) is 8.73. The van der Waals surface area contributed by atoms with Gasteiger partial charge in [0.05, 0.1) is 31.2 Å². The highest BCUT2D eigenvalue weighted by atomic mass is 35.5. The summed E-state index contributed by atoms with van der Waals surface area (Å²) in [5.41, 5.74) is 4.90. The predicted octanol–water partition coefficient (Wildman–Crippen LogP) is 4.26. The van der Waals surface area contributed by atoms with E-state index in [9.17, 15) is 0 Å². The summed E-state index contributed by atoms with van der Waals surface area (Å²) in [6.45, 7) is 2.82. The maximum absolute atomic E-state index is 8.70. The van der Waals surface area contributed by atoms with Crippen LogP contribution in [0.1, 0.15) is 30.9 Å². The molecule has 1 aromatic carbocycles. The molecule has 0 aliphatic carbocycles. The number of nitrogens with one attached hydrogen (secondary N) is 4. The average molecular weight is 460 g/mol. The van der Waals surface area contributed by atoms with E-state index in [1.165, 1.54) is 0 Å². The molecule has 0 spiro atoms. The Morgan fingerprint density at radius 3 is 1.81 bits per heavy atom. The zero-order valence-corrected chi connectivity index (χ0v) is 17.4. The van der Waals surface area contributed by atoms with Crippen LogP contribution >= 0.6 is 58.8 Å². The Kier molecular flexibility index (Phi) is 13.9. The molecule has 0 aliphatic heterocycles. The van der Waals surface area contributed by atoms with Gasteiger partial charge in [-0.05, 0) is 6.42 Å². The van der Waals surface area contributed by atoms with Crippen LogP contribution in [0.2, 0.25) is 20.1 Å². The van der Waals surface area contributed by atoms with Crippen molar-refractivity contribution in [3.05, 3.63) is 31.2 Å². The van der Waals surface area contributed by atoms with E-state index in [-0.39, 0.29) is 55.5 Å². The lowest BCUT2D eigenvalue weighted by atomic mass is 10.1. The van der Waals surface area contributed by atoms with Gasteiger partial charge in [0.2, 0.25) is 0 Å². The van der Waals surface area contributed by atoms with Gasteiger partial charge in [0.1, 0.15) is 12.1 Å². The number of hydrogen-bond acceptors (Lipinski definition) is 4. The number of nitriles is 2. The summed E-state index contributed by atoms with van der Waals surface area (Å²) in [5, 5.41) is 36.3.